The van der Waals surface area contributed by atoms with Crippen molar-refractivity contribution < 1.29 is 9.47 Å². The van der Waals surface area contributed by atoms with Crippen LogP contribution in [-0.4, -0.2) is 18.8 Å². The third-order valence-electron chi connectivity index (χ3n) is 3.08. The van der Waals surface area contributed by atoms with Crippen molar-refractivity contribution in [1.29, 1.82) is 0 Å². The average Bonchev–Trinajstić information content (AvgIpc) is 2.35. The van der Waals surface area contributed by atoms with Gasteiger partial charge in [-0.05, 0) is 51.8 Å². The van der Waals surface area contributed by atoms with Crippen molar-refractivity contribution in [2.24, 2.45) is 5.84 Å². The van der Waals surface area contributed by atoms with Gasteiger partial charge in [0.2, 0.25) is 0 Å². The molecule has 0 heterocycles. The zero-order chi connectivity index (χ0) is 14.5. The van der Waals surface area contributed by atoms with Gasteiger partial charge in [0, 0.05) is 13.2 Å². The minimum Gasteiger partial charge on any atom is -0.491 e. The number of benzene rings is 1. The fourth-order valence-electron chi connectivity index (χ4n) is 1.92. The number of hydrazine groups is 1. The van der Waals surface area contributed by atoms with Crippen molar-refractivity contribution in [3.8, 4) is 5.75 Å². The standard InChI is InChI=1S/C15H26N2O2/c1-11(2)19-13-8-6-7-12(9-13)14(17-16)10-15(3,4)18-5/h6-9,11,14,17H,10,16H2,1-5H3. The fraction of sp³-hybridized carbons (Fsp3) is 0.600. The van der Waals surface area contributed by atoms with Crippen molar-refractivity contribution in [1.82, 2.24) is 5.43 Å². The summed E-state index contributed by atoms with van der Waals surface area (Å²) in [5, 5.41) is 0. The molecule has 0 bridgehead atoms. The minimum atomic E-state index is -0.230. The van der Waals surface area contributed by atoms with Crippen molar-refractivity contribution >= 4 is 0 Å². The maximum absolute atomic E-state index is 5.71. The normalized spacial score (nSPS) is 13.6. The number of ether oxygens (including phenoxy) is 2. The van der Waals surface area contributed by atoms with Crippen molar-refractivity contribution in [2.75, 3.05) is 7.11 Å². The molecule has 0 aromatic heterocycles. The van der Waals surface area contributed by atoms with Crippen LogP contribution in [0.5, 0.6) is 5.75 Å². The molecule has 0 saturated carbocycles. The van der Waals surface area contributed by atoms with E-state index in [9.17, 15) is 0 Å². The Morgan fingerprint density at radius 1 is 1.32 bits per heavy atom. The van der Waals surface area contributed by atoms with Gasteiger partial charge in [-0.3, -0.25) is 11.3 Å². The monoisotopic (exact) mass is 266 g/mol. The highest BCUT2D eigenvalue weighted by atomic mass is 16.5. The third kappa shape index (κ3) is 5.19. The van der Waals surface area contributed by atoms with Crippen LogP contribution in [0, 0.1) is 0 Å². The summed E-state index contributed by atoms with van der Waals surface area (Å²) in [4.78, 5) is 0. The Hall–Kier alpha value is -1.10. The van der Waals surface area contributed by atoms with E-state index in [0.717, 1.165) is 17.7 Å². The van der Waals surface area contributed by atoms with E-state index in [2.05, 4.69) is 5.43 Å². The zero-order valence-electron chi connectivity index (χ0n) is 12.6. The topological polar surface area (TPSA) is 56.5 Å². The average molecular weight is 266 g/mol. The lowest BCUT2D eigenvalue weighted by molar-refractivity contribution is 0.00678. The summed E-state index contributed by atoms with van der Waals surface area (Å²) in [7, 11) is 1.71. The first-order valence-electron chi connectivity index (χ1n) is 6.66. The molecule has 19 heavy (non-hydrogen) atoms. The molecule has 108 valence electrons. The molecule has 0 aliphatic carbocycles. The maximum atomic E-state index is 5.71. The predicted molar refractivity (Wildman–Crippen MR) is 78.0 cm³/mol. The van der Waals surface area contributed by atoms with Crippen LogP contribution in [0.15, 0.2) is 24.3 Å². The third-order valence-corrected chi connectivity index (χ3v) is 3.08. The Morgan fingerprint density at radius 2 is 2.00 bits per heavy atom. The molecule has 1 aromatic rings. The van der Waals surface area contributed by atoms with Crippen LogP contribution in [0.4, 0.5) is 0 Å². The molecule has 0 amide bonds. The summed E-state index contributed by atoms with van der Waals surface area (Å²) >= 11 is 0. The second kappa shape index (κ2) is 6.89. The molecule has 1 rings (SSSR count). The van der Waals surface area contributed by atoms with Gasteiger partial charge < -0.3 is 9.47 Å². The second-order valence-corrected chi connectivity index (χ2v) is 5.63. The molecule has 1 aromatic carbocycles. The first-order chi connectivity index (χ1) is 8.88. The number of hydrogen-bond acceptors (Lipinski definition) is 4. The summed E-state index contributed by atoms with van der Waals surface area (Å²) in [5.41, 5.74) is 3.73. The van der Waals surface area contributed by atoms with Crippen LogP contribution in [0.1, 0.15) is 45.7 Å². The Bertz CT molecular complexity index is 391. The lowest BCUT2D eigenvalue weighted by Gasteiger charge is -2.28. The Balaban J connectivity index is 2.86. The molecule has 1 atom stereocenters. The largest absolute Gasteiger partial charge is 0.491 e. The molecule has 4 heteroatoms. The van der Waals surface area contributed by atoms with Gasteiger partial charge in [-0.25, -0.2) is 0 Å². The van der Waals surface area contributed by atoms with E-state index in [1.54, 1.807) is 7.11 Å². The van der Waals surface area contributed by atoms with E-state index >= 15 is 0 Å². The number of hydrogen-bond donors (Lipinski definition) is 2. The Labute approximate surface area is 116 Å². The molecule has 3 N–H and O–H groups in total. The van der Waals surface area contributed by atoms with Crippen LogP contribution in [-0.2, 0) is 4.74 Å². The highest BCUT2D eigenvalue weighted by Crippen LogP contribution is 2.27. The SMILES string of the molecule is COC(C)(C)CC(NN)c1cccc(OC(C)C)c1. The lowest BCUT2D eigenvalue weighted by Crippen LogP contribution is -2.35. The van der Waals surface area contributed by atoms with Crippen LogP contribution in [0.25, 0.3) is 0 Å². The van der Waals surface area contributed by atoms with Gasteiger partial charge in [0.25, 0.3) is 0 Å². The van der Waals surface area contributed by atoms with Gasteiger partial charge >= 0.3 is 0 Å². The molecule has 0 fully saturated rings. The molecule has 0 saturated heterocycles. The van der Waals surface area contributed by atoms with Gasteiger partial charge in [-0.2, -0.15) is 0 Å². The number of methoxy groups -OCH3 is 1. The second-order valence-electron chi connectivity index (χ2n) is 5.63. The molecule has 0 spiro atoms. The smallest absolute Gasteiger partial charge is 0.120 e. The number of nitrogens with two attached hydrogens (primary N) is 1. The first kappa shape index (κ1) is 16.0. The summed E-state index contributed by atoms with van der Waals surface area (Å²) in [6.45, 7) is 8.12. The summed E-state index contributed by atoms with van der Waals surface area (Å²) < 4.78 is 11.2. The van der Waals surface area contributed by atoms with E-state index in [0.29, 0.717) is 0 Å². The van der Waals surface area contributed by atoms with E-state index in [1.165, 1.54) is 0 Å². The summed E-state index contributed by atoms with van der Waals surface area (Å²) in [5.74, 6) is 6.54. The van der Waals surface area contributed by atoms with Crippen LogP contribution >= 0.6 is 0 Å². The number of rotatable bonds is 7. The van der Waals surface area contributed by atoms with Gasteiger partial charge in [0.05, 0.1) is 11.7 Å². The Kier molecular flexibility index (Phi) is 5.79. The molecular weight excluding hydrogens is 240 g/mol. The van der Waals surface area contributed by atoms with E-state index in [4.69, 9.17) is 15.3 Å². The lowest BCUT2D eigenvalue weighted by atomic mass is 9.94. The van der Waals surface area contributed by atoms with Crippen LogP contribution in [0.2, 0.25) is 0 Å². The van der Waals surface area contributed by atoms with Gasteiger partial charge in [0.1, 0.15) is 5.75 Å². The van der Waals surface area contributed by atoms with E-state index < -0.39 is 0 Å². The molecule has 0 radical (unpaired) electrons. The molecule has 0 aliphatic rings. The number of nitrogens with one attached hydrogen (secondary N) is 1. The first-order valence-corrected chi connectivity index (χ1v) is 6.66. The summed E-state index contributed by atoms with van der Waals surface area (Å²) in [6.07, 6.45) is 0.945. The highest BCUT2D eigenvalue weighted by molar-refractivity contribution is 5.31. The molecular formula is C15H26N2O2. The van der Waals surface area contributed by atoms with E-state index in [1.807, 2.05) is 52.0 Å². The quantitative estimate of drug-likeness (QED) is 0.588. The van der Waals surface area contributed by atoms with E-state index in [-0.39, 0.29) is 17.7 Å². The predicted octanol–water partition coefficient (Wildman–Crippen LogP) is 2.79. The van der Waals surface area contributed by atoms with Crippen LogP contribution < -0.4 is 16.0 Å². The zero-order valence-corrected chi connectivity index (χ0v) is 12.6. The van der Waals surface area contributed by atoms with Crippen molar-refractivity contribution in [2.45, 2.75) is 51.9 Å². The van der Waals surface area contributed by atoms with Crippen molar-refractivity contribution in [3.05, 3.63) is 29.8 Å². The fourth-order valence-corrected chi connectivity index (χ4v) is 1.92. The summed E-state index contributed by atoms with van der Waals surface area (Å²) in [6, 6.07) is 8.04. The molecule has 0 aliphatic heterocycles. The molecule has 1 unspecified atom stereocenters. The molecule has 4 nitrogen and oxygen atoms in total. The van der Waals surface area contributed by atoms with Gasteiger partial charge in [-0.1, -0.05) is 12.1 Å². The minimum absolute atomic E-state index is 0.0330. The van der Waals surface area contributed by atoms with Gasteiger partial charge in [-0.15, -0.1) is 0 Å². The van der Waals surface area contributed by atoms with Crippen molar-refractivity contribution in [3.63, 3.8) is 0 Å². The van der Waals surface area contributed by atoms with Crippen LogP contribution in [0.3, 0.4) is 0 Å². The van der Waals surface area contributed by atoms with Gasteiger partial charge in [0.15, 0.2) is 0 Å². The Morgan fingerprint density at radius 3 is 2.53 bits per heavy atom. The maximum Gasteiger partial charge on any atom is 0.120 e. The highest BCUT2D eigenvalue weighted by Gasteiger charge is 2.23.